The lowest BCUT2D eigenvalue weighted by molar-refractivity contribution is 0.518. The lowest BCUT2D eigenvalue weighted by Gasteiger charge is -2.02. The first-order chi connectivity index (χ1) is 9.31. The van der Waals surface area contributed by atoms with Gasteiger partial charge < -0.3 is 0 Å². The van der Waals surface area contributed by atoms with Crippen molar-refractivity contribution in [2.75, 3.05) is 0 Å². The van der Waals surface area contributed by atoms with Gasteiger partial charge in [-0.2, -0.15) is 4.80 Å². The zero-order valence-corrected chi connectivity index (χ0v) is 11.5. The van der Waals surface area contributed by atoms with Crippen LogP contribution in [-0.2, 0) is 13.6 Å². The van der Waals surface area contributed by atoms with Crippen LogP contribution in [0.2, 0.25) is 0 Å². The molecule has 2 aromatic heterocycles. The van der Waals surface area contributed by atoms with Gasteiger partial charge in [-0.1, -0.05) is 39.0 Å². The van der Waals surface area contributed by atoms with E-state index in [1.807, 2.05) is 0 Å². The molecule has 0 aliphatic carbocycles. The molecule has 0 aliphatic heterocycles. The lowest BCUT2D eigenvalue weighted by atomic mass is 10.1. The number of hydrogen-bond donors (Lipinski definition) is 0. The number of hydrogen-bond acceptors (Lipinski definition) is 6. The maximum atomic E-state index is 4.11. The highest BCUT2D eigenvalue weighted by Gasteiger charge is 2.13. The van der Waals surface area contributed by atoms with Gasteiger partial charge in [-0.05, 0) is 22.1 Å². The van der Waals surface area contributed by atoms with Gasteiger partial charge in [0.1, 0.15) is 0 Å². The minimum absolute atomic E-state index is 0.471. The summed E-state index contributed by atoms with van der Waals surface area (Å²) in [5.74, 6) is 1.06. The first kappa shape index (κ1) is 13.6. The molecule has 0 radical (unpaired) electrons. The van der Waals surface area contributed by atoms with Crippen molar-refractivity contribution in [1.29, 1.82) is 0 Å². The lowest BCUT2D eigenvalue weighted by Crippen LogP contribution is -2.04. The van der Waals surface area contributed by atoms with E-state index in [0.29, 0.717) is 11.6 Å². The number of rotatable bonds is 8. The van der Waals surface area contributed by atoms with Gasteiger partial charge in [0.25, 0.3) is 0 Å². The van der Waals surface area contributed by atoms with E-state index in [-0.39, 0.29) is 0 Å². The minimum Gasteiger partial charge on any atom is -0.223 e. The molecule has 0 fully saturated rings. The summed E-state index contributed by atoms with van der Waals surface area (Å²) in [5, 5.41) is 23.4. The Hall–Kier alpha value is -1.86. The molecule has 0 saturated heterocycles. The quantitative estimate of drug-likeness (QED) is 0.666. The SMILES string of the molecule is CCCCCCCCn1nnnc1-c1nnn(C)n1. The second-order valence-electron chi connectivity index (χ2n) is 4.60. The molecule has 104 valence electrons. The molecule has 0 spiro atoms. The summed E-state index contributed by atoms with van der Waals surface area (Å²) in [6.45, 7) is 3.02. The molecule has 8 heteroatoms. The van der Waals surface area contributed by atoms with Crippen LogP contribution >= 0.6 is 0 Å². The van der Waals surface area contributed by atoms with Crippen molar-refractivity contribution >= 4 is 0 Å². The topological polar surface area (TPSA) is 87.2 Å². The fraction of sp³-hybridized carbons (Fsp3) is 0.818. The molecule has 2 rings (SSSR count). The van der Waals surface area contributed by atoms with E-state index < -0.39 is 0 Å². The summed E-state index contributed by atoms with van der Waals surface area (Å²) in [4.78, 5) is 1.40. The van der Waals surface area contributed by atoms with Crippen molar-refractivity contribution in [3.05, 3.63) is 0 Å². The predicted octanol–water partition coefficient (Wildman–Crippen LogP) is 1.22. The number of aryl methyl sites for hydroxylation is 2. The fourth-order valence-corrected chi connectivity index (χ4v) is 1.93. The Morgan fingerprint density at radius 2 is 1.74 bits per heavy atom. The maximum absolute atomic E-state index is 4.11. The molecular formula is C11H20N8. The molecule has 0 atom stereocenters. The molecule has 0 amide bonds. The van der Waals surface area contributed by atoms with Crippen LogP contribution < -0.4 is 0 Å². The summed E-state index contributed by atoms with van der Waals surface area (Å²) in [7, 11) is 1.72. The second-order valence-corrected chi connectivity index (χ2v) is 4.60. The van der Waals surface area contributed by atoms with Gasteiger partial charge in [0.05, 0.1) is 7.05 Å². The third-order valence-electron chi connectivity index (χ3n) is 2.96. The summed E-state index contributed by atoms with van der Waals surface area (Å²) >= 11 is 0. The average Bonchev–Trinajstić information content (AvgIpc) is 3.02. The Morgan fingerprint density at radius 1 is 0.947 bits per heavy atom. The Labute approximate surface area is 112 Å². The third-order valence-corrected chi connectivity index (χ3v) is 2.96. The first-order valence-corrected chi connectivity index (χ1v) is 6.81. The molecule has 2 heterocycles. The van der Waals surface area contributed by atoms with Crippen LogP contribution in [0.1, 0.15) is 45.4 Å². The summed E-state index contributed by atoms with van der Waals surface area (Å²) in [5.41, 5.74) is 0. The van der Waals surface area contributed by atoms with Crippen LogP contribution in [0.4, 0.5) is 0 Å². The van der Waals surface area contributed by atoms with Gasteiger partial charge >= 0.3 is 0 Å². The molecular weight excluding hydrogens is 244 g/mol. The molecule has 0 unspecified atom stereocenters. The van der Waals surface area contributed by atoms with Gasteiger partial charge in [0.2, 0.25) is 11.6 Å². The van der Waals surface area contributed by atoms with Crippen molar-refractivity contribution in [2.24, 2.45) is 7.05 Å². The predicted molar refractivity (Wildman–Crippen MR) is 69.0 cm³/mol. The normalized spacial score (nSPS) is 11.1. The Kier molecular flexibility index (Phi) is 4.93. The molecule has 0 N–H and O–H groups in total. The van der Waals surface area contributed by atoms with E-state index in [9.17, 15) is 0 Å². The van der Waals surface area contributed by atoms with Crippen molar-refractivity contribution < 1.29 is 0 Å². The number of unbranched alkanes of at least 4 members (excludes halogenated alkanes) is 5. The van der Waals surface area contributed by atoms with Gasteiger partial charge in [-0.3, -0.25) is 0 Å². The van der Waals surface area contributed by atoms with Crippen LogP contribution in [0.15, 0.2) is 0 Å². The van der Waals surface area contributed by atoms with Crippen molar-refractivity contribution in [1.82, 2.24) is 40.4 Å². The zero-order chi connectivity index (χ0) is 13.5. The largest absolute Gasteiger partial charge is 0.243 e. The van der Waals surface area contributed by atoms with Gasteiger partial charge in [0, 0.05) is 6.54 Å². The van der Waals surface area contributed by atoms with E-state index in [4.69, 9.17) is 0 Å². The standard InChI is InChI=1S/C11H20N8/c1-3-4-5-6-7-8-9-19-11(13-15-17-19)10-12-16-18(2)14-10/h3-9H2,1-2H3. The number of nitrogens with zero attached hydrogens (tertiary/aromatic N) is 8. The van der Waals surface area contributed by atoms with E-state index in [2.05, 4.69) is 37.9 Å². The molecule has 0 bridgehead atoms. The Balaban J connectivity index is 1.83. The van der Waals surface area contributed by atoms with Gasteiger partial charge in [-0.15, -0.1) is 15.3 Å². The first-order valence-electron chi connectivity index (χ1n) is 6.81. The van der Waals surface area contributed by atoms with E-state index in [1.165, 1.54) is 36.9 Å². The molecule has 0 saturated carbocycles. The summed E-state index contributed by atoms with van der Waals surface area (Å²) < 4.78 is 1.75. The summed E-state index contributed by atoms with van der Waals surface area (Å²) in [6.07, 6.45) is 7.45. The molecule has 0 aliphatic rings. The van der Waals surface area contributed by atoms with E-state index in [1.54, 1.807) is 11.7 Å². The molecule has 19 heavy (non-hydrogen) atoms. The van der Waals surface area contributed by atoms with Crippen LogP contribution in [-0.4, -0.2) is 40.4 Å². The van der Waals surface area contributed by atoms with Crippen molar-refractivity contribution in [2.45, 2.75) is 52.0 Å². The Morgan fingerprint density at radius 3 is 2.47 bits per heavy atom. The smallest absolute Gasteiger partial charge is 0.223 e. The second kappa shape index (κ2) is 6.91. The number of tetrazole rings is 2. The highest BCUT2D eigenvalue weighted by atomic mass is 15.6. The molecule has 0 aromatic carbocycles. The Bertz CT molecular complexity index is 488. The minimum atomic E-state index is 0.471. The summed E-state index contributed by atoms with van der Waals surface area (Å²) in [6, 6.07) is 0. The fourth-order valence-electron chi connectivity index (χ4n) is 1.93. The highest BCUT2D eigenvalue weighted by Crippen LogP contribution is 2.10. The van der Waals surface area contributed by atoms with Crippen LogP contribution in [0.3, 0.4) is 0 Å². The highest BCUT2D eigenvalue weighted by molar-refractivity contribution is 5.39. The van der Waals surface area contributed by atoms with Gasteiger partial charge in [0.15, 0.2) is 0 Å². The average molecular weight is 264 g/mol. The van der Waals surface area contributed by atoms with Crippen molar-refractivity contribution in [3.8, 4) is 11.6 Å². The van der Waals surface area contributed by atoms with Crippen LogP contribution in [0, 0.1) is 0 Å². The molecule has 2 aromatic rings. The molecule has 8 nitrogen and oxygen atoms in total. The van der Waals surface area contributed by atoms with Crippen LogP contribution in [0.5, 0.6) is 0 Å². The monoisotopic (exact) mass is 264 g/mol. The van der Waals surface area contributed by atoms with E-state index in [0.717, 1.165) is 13.0 Å². The third kappa shape index (κ3) is 3.80. The van der Waals surface area contributed by atoms with Gasteiger partial charge in [-0.25, -0.2) is 4.68 Å². The number of aromatic nitrogens is 8. The maximum Gasteiger partial charge on any atom is 0.243 e. The van der Waals surface area contributed by atoms with Crippen LogP contribution in [0.25, 0.3) is 11.6 Å². The zero-order valence-electron chi connectivity index (χ0n) is 11.5. The van der Waals surface area contributed by atoms with E-state index >= 15 is 0 Å². The van der Waals surface area contributed by atoms with Crippen molar-refractivity contribution in [3.63, 3.8) is 0 Å².